The van der Waals surface area contributed by atoms with Gasteiger partial charge in [0.1, 0.15) is 6.67 Å². The molecule has 1 aromatic rings. The second kappa shape index (κ2) is 2.39. The summed E-state index contributed by atoms with van der Waals surface area (Å²) in [6, 6.07) is 0. The van der Waals surface area contributed by atoms with Crippen molar-refractivity contribution in [2.24, 2.45) is 0 Å². The van der Waals surface area contributed by atoms with Gasteiger partial charge in [-0.1, -0.05) is 0 Å². The summed E-state index contributed by atoms with van der Waals surface area (Å²) in [5.74, 6) is 0.0417. The van der Waals surface area contributed by atoms with Crippen LogP contribution >= 0.6 is 0 Å². The lowest BCUT2D eigenvalue weighted by Gasteiger charge is -1.90. The zero-order chi connectivity index (χ0) is 6.69. The van der Waals surface area contributed by atoms with E-state index in [1.165, 1.54) is 0 Å². The molecule has 0 aliphatic heterocycles. The molecule has 1 heterocycles. The van der Waals surface area contributed by atoms with Crippen LogP contribution in [0.4, 0.5) is 4.39 Å². The Labute approximate surface area is 51.2 Å². The van der Waals surface area contributed by atoms with E-state index in [1.807, 2.05) is 0 Å². The van der Waals surface area contributed by atoms with E-state index in [1.54, 1.807) is 0 Å². The molecule has 0 spiro atoms. The Balaban J connectivity index is 2.88. The number of alkyl halides is 1. The van der Waals surface area contributed by atoms with Crippen molar-refractivity contribution in [3.63, 3.8) is 0 Å². The molecule has 0 aromatic carbocycles. The van der Waals surface area contributed by atoms with E-state index in [9.17, 15) is 4.39 Å². The molecule has 0 aliphatic rings. The summed E-state index contributed by atoms with van der Waals surface area (Å²) in [5, 5.41) is 8.60. The van der Waals surface area contributed by atoms with Crippen LogP contribution in [0.1, 0.15) is 5.82 Å². The Morgan fingerprint density at radius 2 is 2.00 bits per heavy atom. The maximum atomic E-state index is 11.7. The fraction of sp³-hybridized carbons (Fsp3) is 0.200. The van der Waals surface area contributed by atoms with E-state index in [4.69, 9.17) is 5.11 Å². The van der Waals surface area contributed by atoms with Gasteiger partial charge in [0.25, 0.3) is 0 Å². The molecular formula is C5H5FN2O. The molecule has 3 nitrogen and oxygen atoms in total. The summed E-state index contributed by atoms with van der Waals surface area (Å²) in [4.78, 5) is 6.92. The van der Waals surface area contributed by atoms with Crippen molar-refractivity contribution in [3.8, 4) is 5.75 Å². The van der Waals surface area contributed by atoms with Crippen molar-refractivity contribution in [2.45, 2.75) is 6.67 Å². The maximum Gasteiger partial charge on any atom is 0.159 e. The van der Waals surface area contributed by atoms with Crippen LogP contribution in [0.15, 0.2) is 12.4 Å². The summed E-state index contributed by atoms with van der Waals surface area (Å²) >= 11 is 0. The van der Waals surface area contributed by atoms with Gasteiger partial charge in [0.2, 0.25) is 0 Å². The van der Waals surface area contributed by atoms with Gasteiger partial charge in [-0.2, -0.15) is 0 Å². The molecule has 1 rings (SSSR count). The molecule has 48 valence electrons. The van der Waals surface area contributed by atoms with Crippen molar-refractivity contribution >= 4 is 0 Å². The molecule has 0 saturated heterocycles. The van der Waals surface area contributed by atoms with Crippen LogP contribution in [-0.2, 0) is 6.67 Å². The van der Waals surface area contributed by atoms with E-state index in [2.05, 4.69) is 9.97 Å². The molecule has 9 heavy (non-hydrogen) atoms. The second-order valence-electron chi connectivity index (χ2n) is 1.49. The average Bonchev–Trinajstić information content (AvgIpc) is 1.90. The van der Waals surface area contributed by atoms with E-state index in [0.717, 1.165) is 12.4 Å². The molecule has 0 radical (unpaired) electrons. The molecule has 0 bridgehead atoms. The Kier molecular flexibility index (Phi) is 1.58. The lowest BCUT2D eigenvalue weighted by molar-refractivity contribution is 0.449. The number of nitrogens with zero attached hydrogens (tertiary/aromatic N) is 2. The first-order valence-corrected chi connectivity index (χ1v) is 2.39. The Bertz CT molecular complexity index is 187. The zero-order valence-corrected chi connectivity index (χ0v) is 4.58. The van der Waals surface area contributed by atoms with Crippen molar-refractivity contribution in [1.82, 2.24) is 9.97 Å². The molecule has 0 unspecified atom stereocenters. The Morgan fingerprint density at radius 3 is 2.44 bits per heavy atom. The number of aromatic nitrogens is 2. The first-order valence-electron chi connectivity index (χ1n) is 2.39. The van der Waals surface area contributed by atoms with Gasteiger partial charge in [-0.3, -0.25) is 0 Å². The number of hydrogen-bond donors (Lipinski definition) is 1. The third kappa shape index (κ3) is 1.35. The molecule has 0 atom stereocenters. The lowest BCUT2D eigenvalue weighted by atomic mass is 10.6. The SMILES string of the molecule is Oc1cnc(CF)nc1. The lowest BCUT2D eigenvalue weighted by Crippen LogP contribution is -1.87. The highest BCUT2D eigenvalue weighted by atomic mass is 19.1. The third-order valence-electron chi connectivity index (χ3n) is 0.811. The van der Waals surface area contributed by atoms with Crippen molar-refractivity contribution < 1.29 is 9.50 Å². The highest BCUT2D eigenvalue weighted by Gasteiger charge is 1.92. The number of halogens is 1. The molecule has 1 aromatic heterocycles. The zero-order valence-electron chi connectivity index (χ0n) is 4.58. The topological polar surface area (TPSA) is 46.0 Å². The van der Waals surface area contributed by atoms with Gasteiger partial charge in [-0.15, -0.1) is 0 Å². The van der Waals surface area contributed by atoms with Gasteiger partial charge in [0, 0.05) is 0 Å². The minimum atomic E-state index is -0.694. The van der Waals surface area contributed by atoms with Crippen molar-refractivity contribution in [2.75, 3.05) is 0 Å². The predicted molar refractivity (Wildman–Crippen MR) is 28.5 cm³/mol. The number of rotatable bonds is 1. The van der Waals surface area contributed by atoms with Crippen molar-refractivity contribution in [3.05, 3.63) is 18.2 Å². The fourth-order valence-electron chi connectivity index (χ4n) is 0.417. The molecule has 1 N–H and O–H groups in total. The highest BCUT2D eigenvalue weighted by molar-refractivity contribution is 5.08. The quantitative estimate of drug-likeness (QED) is 0.604. The van der Waals surface area contributed by atoms with Crippen molar-refractivity contribution in [1.29, 1.82) is 0 Å². The van der Waals surface area contributed by atoms with Gasteiger partial charge in [0.05, 0.1) is 12.4 Å². The monoisotopic (exact) mass is 128 g/mol. The molecule has 0 saturated carbocycles. The van der Waals surface area contributed by atoms with E-state index in [0.29, 0.717) is 0 Å². The molecule has 0 amide bonds. The first kappa shape index (κ1) is 5.94. The summed E-state index contributed by atoms with van der Waals surface area (Å²) in [7, 11) is 0. The Morgan fingerprint density at radius 1 is 1.44 bits per heavy atom. The second-order valence-corrected chi connectivity index (χ2v) is 1.49. The average molecular weight is 128 g/mol. The van der Waals surface area contributed by atoms with Crippen LogP contribution in [0.2, 0.25) is 0 Å². The fourth-order valence-corrected chi connectivity index (χ4v) is 0.417. The van der Waals surface area contributed by atoms with E-state index < -0.39 is 6.67 Å². The summed E-state index contributed by atoms with van der Waals surface area (Å²) in [5.41, 5.74) is 0. The standard InChI is InChI=1S/C5H5FN2O/c6-1-5-7-2-4(9)3-8-5/h2-3,9H,1H2. The first-order chi connectivity index (χ1) is 4.33. The maximum absolute atomic E-state index is 11.7. The van der Waals surface area contributed by atoms with Gasteiger partial charge in [-0.25, -0.2) is 14.4 Å². The smallest absolute Gasteiger partial charge is 0.159 e. The summed E-state index contributed by atoms with van der Waals surface area (Å²) < 4.78 is 11.7. The van der Waals surface area contributed by atoms with Crippen LogP contribution in [-0.4, -0.2) is 15.1 Å². The van der Waals surface area contributed by atoms with Crippen LogP contribution in [0.25, 0.3) is 0 Å². The normalized spacial score (nSPS) is 9.44. The Hall–Kier alpha value is -1.19. The van der Waals surface area contributed by atoms with Gasteiger partial charge in [-0.05, 0) is 0 Å². The van der Waals surface area contributed by atoms with Gasteiger partial charge >= 0.3 is 0 Å². The predicted octanol–water partition coefficient (Wildman–Crippen LogP) is 0.652. The molecule has 4 heteroatoms. The molecular weight excluding hydrogens is 123 g/mol. The van der Waals surface area contributed by atoms with Gasteiger partial charge in [0.15, 0.2) is 11.6 Å². The van der Waals surface area contributed by atoms with Crippen LogP contribution in [0.3, 0.4) is 0 Å². The summed E-state index contributed by atoms with van der Waals surface area (Å²) in [6.45, 7) is -0.694. The molecule has 0 fully saturated rings. The van der Waals surface area contributed by atoms with Crippen LogP contribution < -0.4 is 0 Å². The van der Waals surface area contributed by atoms with Gasteiger partial charge < -0.3 is 5.11 Å². The number of aromatic hydroxyl groups is 1. The minimum Gasteiger partial charge on any atom is -0.505 e. The minimum absolute atomic E-state index is 0.0489. The van der Waals surface area contributed by atoms with E-state index >= 15 is 0 Å². The number of hydrogen-bond acceptors (Lipinski definition) is 3. The van der Waals surface area contributed by atoms with Crippen LogP contribution in [0, 0.1) is 0 Å². The van der Waals surface area contributed by atoms with Crippen LogP contribution in [0.5, 0.6) is 5.75 Å². The largest absolute Gasteiger partial charge is 0.505 e. The summed E-state index contributed by atoms with van der Waals surface area (Å²) in [6.07, 6.45) is 2.31. The molecule has 0 aliphatic carbocycles. The van der Waals surface area contributed by atoms with E-state index in [-0.39, 0.29) is 11.6 Å². The highest BCUT2D eigenvalue weighted by Crippen LogP contribution is 2.01. The third-order valence-corrected chi connectivity index (χ3v) is 0.811.